The average molecular weight is 584 g/mol. The van der Waals surface area contributed by atoms with Gasteiger partial charge in [0.25, 0.3) is 10.0 Å². The summed E-state index contributed by atoms with van der Waals surface area (Å²) in [7, 11) is -4.19. The Hall–Kier alpha value is -3.50. The van der Waals surface area contributed by atoms with E-state index < -0.39 is 28.5 Å². The molecule has 214 valence electrons. The molecule has 1 N–H and O–H groups in total. The normalized spacial score (nSPS) is 11.9. The van der Waals surface area contributed by atoms with E-state index in [0.29, 0.717) is 18.9 Å². The molecule has 0 bridgehead atoms. The predicted octanol–water partition coefficient (Wildman–Crippen LogP) is 4.86. The Kier molecular flexibility index (Phi) is 11.0. The third-order valence-corrected chi connectivity index (χ3v) is 8.87. The summed E-state index contributed by atoms with van der Waals surface area (Å²) in [5, 5.41) is 2.77. The maximum Gasteiger partial charge on any atom is 0.264 e. The van der Waals surface area contributed by atoms with E-state index in [2.05, 4.69) is 5.32 Å². The van der Waals surface area contributed by atoms with Crippen LogP contribution in [0.1, 0.15) is 31.9 Å². The highest BCUT2D eigenvalue weighted by atomic mass is 32.2. The molecule has 40 heavy (non-hydrogen) atoms. The minimum absolute atomic E-state index is 0.0475. The van der Waals surface area contributed by atoms with E-state index in [9.17, 15) is 18.0 Å². The summed E-state index contributed by atoms with van der Waals surface area (Å²) in [4.78, 5) is 29.2. The van der Waals surface area contributed by atoms with Crippen LogP contribution in [-0.2, 0) is 26.2 Å². The smallest absolute Gasteiger partial charge is 0.264 e. The lowest BCUT2D eigenvalue weighted by molar-refractivity contribution is -0.139. The largest absolute Gasteiger partial charge is 0.492 e. The number of para-hydroxylation sites is 2. The molecule has 0 radical (unpaired) electrons. The van der Waals surface area contributed by atoms with E-state index in [0.717, 1.165) is 20.3 Å². The molecule has 2 amide bonds. The molecular weight excluding hydrogens is 546 g/mol. The first-order valence-corrected chi connectivity index (χ1v) is 15.8. The van der Waals surface area contributed by atoms with E-state index in [1.165, 1.54) is 28.8 Å². The Morgan fingerprint density at radius 1 is 0.975 bits per heavy atom. The van der Waals surface area contributed by atoms with Gasteiger partial charge in [-0.3, -0.25) is 13.9 Å². The molecule has 0 fully saturated rings. The molecule has 0 aliphatic carbocycles. The number of anilines is 1. The van der Waals surface area contributed by atoms with Gasteiger partial charge in [0, 0.05) is 18.0 Å². The van der Waals surface area contributed by atoms with Crippen molar-refractivity contribution in [3.8, 4) is 5.75 Å². The van der Waals surface area contributed by atoms with Crippen molar-refractivity contribution >= 4 is 39.3 Å². The van der Waals surface area contributed by atoms with Crippen molar-refractivity contribution in [2.24, 2.45) is 0 Å². The number of hydrogen-bond donors (Lipinski definition) is 1. The molecule has 1 unspecified atom stereocenters. The number of sulfonamides is 1. The molecule has 8 nitrogen and oxygen atoms in total. The highest BCUT2D eigenvalue weighted by molar-refractivity contribution is 7.98. The summed E-state index contributed by atoms with van der Waals surface area (Å²) in [5.74, 6) is -0.501. The number of likely N-dealkylation sites (N-methyl/N-ethyl adjacent to an activating group) is 1. The lowest BCUT2D eigenvalue weighted by Gasteiger charge is -2.32. The molecule has 10 heteroatoms. The first-order valence-electron chi connectivity index (χ1n) is 13.1. The number of amides is 2. The fourth-order valence-corrected chi connectivity index (χ4v) is 5.96. The van der Waals surface area contributed by atoms with Crippen molar-refractivity contribution in [3.63, 3.8) is 0 Å². The fraction of sp³-hybridized carbons (Fsp3) is 0.333. The molecule has 3 rings (SSSR count). The maximum absolute atomic E-state index is 14.1. The lowest BCUT2D eigenvalue weighted by atomic mass is 10.1. The third-order valence-electron chi connectivity index (χ3n) is 6.35. The van der Waals surface area contributed by atoms with Crippen LogP contribution in [0, 0.1) is 6.92 Å². The molecule has 0 aliphatic heterocycles. The van der Waals surface area contributed by atoms with Crippen LogP contribution < -0.4 is 14.4 Å². The van der Waals surface area contributed by atoms with E-state index in [4.69, 9.17) is 4.74 Å². The van der Waals surface area contributed by atoms with Crippen LogP contribution >= 0.6 is 11.8 Å². The van der Waals surface area contributed by atoms with E-state index in [-0.39, 0.29) is 23.0 Å². The lowest BCUT2D eigenvalue weighted by Crippen LogP contribution is -2.51. The minimum atomic E-state index is -4.19. The van der Waals surface area contributed by atoms with Crippen LogP contribution in [-0.4, -0.2) is 57.1 Å². The summed E-state index contributed by atoms with van der Waals surface area (Å²) >= 11 is 1.50. The van der Waals surface area contributed by atoms with Gasteiger partial charge in [-0.1, -0.05) is 42.0 Å². The van der Waals surface area contributed by atoms with E-state index in [1.54, 1.807) is 57.2 Å². The molecule has 0 saturated carbocycles. The highest BCUT2D eigenvalue weighted by Crippen LogP contribution is 2.33. The zero-order valence-corrected chi connectivity index (χ0v) is 25.2. The Bertz CT molecular complexity index is 1390. The zero-order valence-electron chi connectivity index (χ0n) is 23.6. The number of aryl methyl sites for hydroxylation is 1. The number of nitrogens with one attached hydrogen (secondary N) is 1. The topological polar surface area (TPSA) is 96.0 Å². The summed E-state index contributed by atoms with van der Waals surface area (Å²) < 4.78 is 34.9. The molecule has 0 saturated heterocycles. The molecule has 0 spiro atoms. The van der Waals surface area contributed by atoms with E-state index in [1.807, 2.05) is 37.4 Å². The van der Waals surface area contributed by atoms with Crippen molar-refractivity contribution in [1.29, 1.82) is 0 Å². The number of nitrogens with zero attached hydrogens (tertiary/aromatic N) is 2. The number of carbonyl (C=O) groups excluding carboxylic acids is 2. The minimum Gasteiger partial charge on any atom is -0.492 e. The second kappa shape index (κ2) is 14.2. The van der Waals surface area contributed by atoms with Gasteiger partial charge < -0.3 is 15.0 Å². The third kappa shape index (κ3) is 7.57. The van der Waals surface area contributed by atoms with Crippen LogP contribution in [0.15, 0.2) is 82.6 Å². The number of ether oxygens (including phenoxy) is 1. The van der Waals surface area contributed by atoms with Crippen molar-refractivity contribution in [1.82, 2.24) is 10.2 Å². The summed E-state index contributed by atoms with van der Waals surface area (Å²) in [6, 6.07) is 20.1. The Labute approximate surface area is 241 Å². The van der Waals surface area contributed by atoms with Gasteiger partial charge >= 0.3 is 0 Å². The summed E-state index contributed by atoms with van der Waals surface area (Å²) in [6.07, 6.45) is 1.91. The predicted molar refractivity (Wildman–Crippen MR) is 160 cm³/mol. The number of benzene rings is 3. The number of carbonyl (C=O) groups is 2. The number of rotatable bonds is 13. The van der Waals surface area contributed by atoms with Crippen LogP contribution in [0.2, 0.25) is 0 Å². The zero-order chi connectivity index (χ0) is 29.3. The van der Waals surface area contributed by atoms with Crippen molar-refractivity contribution in [2.75, 3.05) is 30.3 Å². The molecule has 3 aromatic carbocycles. The number of thioether (sulfide) groups is 1. The molecule has 3 aromatic rings. The molecule has 0 aliphatic rings. The Morgan fingerprint density at radius 3 is 2.23 bits per heavy atom. The summed E-state index contributed by atoms with van der Waals surface area (Å²) in [6.45, 7) is 7.56. The summed E-state index contributed by atoms with van der Waals surface area (Å²) in [5.41, 5.74) is 2.13. The van der Waals surface area contributed by atoms with Gasteiger partial charge in [0.05, 0.1) is 17.2 Å². The number of hydrogen-bond acceptors (Lipinski definition) is 6. The van der Waals surface area contributed by atoms with Gasteiger partial charge in [-0.25, -0.2) is 8.42 Å². The van der Waals surface area contributed by atoms with Crippen LogP contribution in [0.4, 0.5) is 5.69 Å². The maximum atomic E-state index is 14.1. The van der Waals surface area contributed by atoms with Gasteiger partial charge in [0.15, 0.2) is 0 Å². The molecular formula is C30H37N3O5S2. The van der Waals surface area contributed by atoms with Crippen LogP contribution in [0.25, 0.3) is 0 Å². The Balaban J connectivity index is 2.08. The molecule has 0 aromatic heterocycles. The van der Waals surface area contributed by atoms with Gasteiger partial charge in [-0.15, -0.1) is 11.8 Å². The van der Waals surface area contributed by atoms with Gasteiger partial charge in [-0.2, -0.15) is 0 Å². The van der Waals surface area contributed by atoms with Crippen molar-refractivity contribution in [2.45, 2.75) is 50.1 Å². The monoisotopic (exact) mass is 583 g/mol. The van der Waals surface area contributed by atoms with Crippen LogP contribution in [0.5, 0.6) is 5.75 Å². The first kappa shape index (κ1) is 31.0. The average Bonchev–Trinajstić information content (AvgIpc) is 2.95. The second-order valence-electron chi connectivity index (χ2n) is 9.17. The van der Waals surface area contributed by atoms with Gasteiger partial charge in [0.2, 0.25) is 11.8 Å². The van der Waals surface area contributed by atoms with Gasteiger partial charge in [0.1, 0.15) is 18.3 Å². The second-order valence-corrected chi connectivity index (χ2v) is 11.9. The van der Waals surface area contributed by atoms with Gasteiger partial charge in [-0.05, 0) is 75.9 Å². The molecule has 0 heterocycles. The van der Waals surface area contributed by atoms with Crippen molar-refractivity contribution < 1.29 is 22.7 Å². The SMILES string of the molecule is CCNC(=O)C(C)N(Cc1ccc(C)cc1)C(=O)CN(c1ccccc1OCC)S(=O)(=O)c1ccc(SC)cc1. The van der Waals surface area contributed by atoms with Crippen molar-refractivity contribution in [3.05, 3.63) is 83.9 Å². The quantitative estimate of drug-likeness (QED) is 0.289. The molecule has 1 atom stereocenters. The fourth-order valence-electron chi connectivity index (χ4n) is 4.12. The first-order chi connectivity index (χ1) is 19.1. The highest BCUT2D eigenvalue weighted by Gasteiger charge is 2.33. The standard InChI is InChI=1S/C30H37N3O5S2/c1-6-31-30(35)23(4)32(20-24-14-12-22(3)13-15-24)29(34)21-33(27-10-8-9-11-28(27)38-7-2)40(36,37)26-18-16-25(39-5)17-19-26/h8-19,23H,6-7,20-21H2,1-5H3,(H,31,35). The van der Waals surface area contributed by atoms with Crippen LogP contribution in [0.3, 0.4) is 0 Å². The Morgan fingerprint density at radius 2 is 1.62 bits per heavy atom. The van der Waals surface area contributed by atoms with E-state index >= 15 is 0 Å².